The average molecular weight is 256 g/mol. The van der Waals surface area contributed by atoms with E-state index in [1.807, 2.05) is 0 Å². The molecule has 1 N–H and O–H groups in total. The fourth-order valence-corrected chi connectivity index (χ4v) is 1.58. The Labute approximate surface area is 101 Å². The van der Waals surface area contributed by atoms with E-state index in [0.717, 1.165) is 6.07 Å². The third-order valence-corrected chi connectivity index (χ3v) is 2.38. The van der Waals surface area contributed by atoms with Crippen molar-refractivity contribution in [2.24, 2.45) is 7.05 Å². The van der Waals surface area contributed by atoms with Gasteiger partial charge < -0.3 is 5.32 Å². The van der Waals surface area contributed by atoms with E-state index in [9.17, 15) is 13.2 Å². The number of aryl methyl sites for hydroxylation is 2. The highest BCUT2D eigenvalue weighted by Crippen LogP contribution is 2.34. The van der Waals surface area contributed by atoms with Crippen LogP contribution in [0.4, 0.5) is 24.7 Å². The zero-order valence-electron chi connectivity index (χ0n) is 9.78. The molecule has 0 atom stereocenters. The predicted molar refractivity (Wildman–Crippen MR) is 60.5 cm³/mol. The second-order valence-electron chi connectivity index (χ2n) is 3.82. The maximum Gasteiger partial charge on any atom is 0.419 e. The number of hydrogen-bond donors (Lipinski definition) is 1. The molecule has 0 unspecified atom stereocenters. The normalized spacial score (nSPS) is 11.6. The van der Waals surface area contributed by atoms with Gasteiger partial charge in [0.1, 0.15) is 5.82 Å². The first-order valence-electron chi connectivity index (χ1n) is 5.17. The van der Waals surface area contributed by atoms with Crippen molar-refractivity contribution < 1.29 is 13.2 Å². The molecule has 0 saturated carbocycles. The summed E-state index contributed by atoms with van der Waals surface area (Å²) in [5, 5.41) is 6.70. The Morgan fingerprint density at radius 1 is 1.33 bits per heavy atom. The highest BCUT2D eigenvalue weighted by atomic mass is 19.4. The number of hydrogen-bond acceptors (Lipinski definition) is 3. The molecule has 2 aromatic heterocycles. The molecule has 0 amide bonds. The van der Waals surface area contributed by atoms with Crippen LogP contribution >= 0.6 is 0 Å². The zero-order valence-corrected chi connectivity index (χ0v) is 9.78. The summed E-state index contributed by atoms with van der Waals surface area (Å²) in [4.78, 5) is 3.72. The van der Waals surface area contributed by atoms with E-state index in [2.05, 4.69) is 15.4 Å². The van der Waals surface area contributed by atoms with E-state index in [0.29, 0.717) is 11.4 Å². The van der Waals surface area contributed by atoms with Gasteiger partial charge in [0.05, 0.1) is 16.9 Å². The van der Waals surface area contributed by atoms with E-state index < -0.39 is 11.7 Å². The van der Waals surface area contributed by atoms with Gasteiger partial charge in [-0.1, -0.05) is 0 Å². The molecule has 0 spiro atoms. The quantitative estimate of drug-likeness (QED) is 0.898. The first-order valence-corrected chi connectivity index (χ1v) is 5.17. The summed E-state index contributed by atoms with van der Waals surface area (Å²) in [6.45, 7) is 1.71. The largest absolute Gasteiger partial charge is 0.419 e. The van der Waals surface area contributed by atoms with Crippen LogP contribution in [0.5, 0.6) is 0 Å². The summed E-state index contributed by atoms with van der Waals surface area (Å²) in [7, 11) is 1.70. The van der Waals surface area contributed by atoms with Crippen molar-refractivity contribution >= 4 is 11.5 Å². The zero-order chi connectivity index (χ0) is 13.3. The molecule has 18 heavy (non-hydrogen) atoms. The van der Waals surface area contributed by atoms with Gasteiger partial charge in [0.15, 0.2) is 0 Å². The minimum atomic E-state index is -4.44. The van der Waals surface area contributed by atoms with E-state index in [1.54, 1.807) is 20.2 Å². The van der Waals surface area contributed by atoms with Gasteiger partial charge in [-0.15, -0.1) is 0 Å². The molecule has 0 aromatic carbocycles. The molecule has 0 radical (unpaired) electrons. The Bertz CT molecular complexity index is 560. The number of pyridine rings is 1. The van der Waals surface area contributed by atoms with E-state index >= 15 is 0 Å². The molecule has 0 saturated heterocycles. The second-order valence-corrected chi connectivity index (χ2v) is 3.82. The highest BCUT2D eigenvalue weighted by molar-refractivity contribution is 5.61. The summed E-state index contributed by atoms with van der Waals surface area (Å²) in [5.41, 5.74) is 0.311. The Hall–Kier alpha value is -2.05. The van der Waals surface area contributed by atoms with Crippen molar-refractivity contribution in [3.8, 4) is 0 Å². The van der Waals surface area contributed by atoms with Crippen molar-refractivity contribution in [2.45, 2.75) is 13.1 Å². The van der Waals surface area contributed by atoms with Crippen molar-refractivity contribution in [2.75, 3.05) is 5.32 Å². The summed E-state index contributed by atoms with van der Waals surface area (Å²) >= 11 is 0. The SMILES string of the molecule is Cc1nn(C)cc1Nc1ncccc1C(F)(F)F. The van der Waals surface area contributed by atoms with Crippen LogP contribution in [0.3, 0.4) is 0 Å². The maximum atomic E-state index is 12.8. The van der Waals surface area contributed by atoms with Gasteiger partial charge in [0.25, 0.3) is 0 Å². The van der Waals surface area contributed by atoms with Crippen molar-refractivity contribution in [1.29, 1.82) is 0 Å². The first kappa shape index (κ1) is 12.4. The monoisotopic (exact) mass is 256 g/mol. The summed E-state index contributed by atoms with van der Waals surface area (Å²) < 4.78 is 39.8. The van der Waals surface area contributed by atoms with Gasteiger partial charge in [-0.3, -0.25) is 4.68 Å². The maximum absolute atomic E-state index is 12.8. The minimum absolute atomic E-state index is 0.221. The molecule has 7 heteroatoms. The molecule has 2 aromatic rings. The molecule has 0 aliphatic heterocycles. The van der Waals surface area contributed by atoms with Crippen LogP contribution in [-0.4, -0.2) is 14.8 Å². The van der Waals surface area contributed by atoms with Crippen LogP contribution in [0.15, 0.2) is 24.5 Å². The lowest BCUT2D eigenvalue weighted by molar-refractivity contribution is -0.137. The fourth-order valence-electron chi connectivity index (χ4n) is 1.58. The first-order chi connectivity index (χ1) is 8.38. The van der Waals surface area contributed by atoms with Gasteiger partial charge in [0, 0.05) is 19.4 Å². The predicted octanol–water partition coefficient (Wildman–Crippen LogP) is 2.89. The molecule has 4 nitrogen and oxygen atoms in total. The van der Waals surface area contributed by atoms with Gasteiger partial charge in [0.2, 0.25) is 0 Å². The fraction of sp³-hybridized carbons (Fsp3) is 0.273. The summed E-state index contributed by atoms with van der Waals surface area (Å²) in [6.07, 6.45) is -1.53. The minimum Gasteiger partial charge on any atom is -0.337 e. The number of anilines is 2. The number of halogens is 3. The molecule has 0 fully saturated rings. The standard InChI is InChI=1S/C11H11F3N4/c1-7-9(6-18(2)17-7)16-10-8(11(12,13)14)4-3-5-15-10/h3-6H,1-2H3,(H,15,16). The lowest BCUT2D eigenvalue weighted by Gasteiger charge is -2.12. The topological polar surface area (TPSA) is 42.7 Å². The molecular weight excluding hydrogens is 245 g/mol. The molecule has 0 aliphatic carbocycles. The van der Waals surface area contributed by atoms with E-state index in [1.165, 1.54) is 16.9 Å². The van der Waals surface area contributed by atoms with Crippen LogP contribution in [0.1, 0.15) is 11.3 Å². The smallest absolute Gasteiger partial charge is 0.337 e. The molecule has 2 heterocycles. The number of alkyl halides is 3. The van der Waals surface area contributed by atoms with Crippen molar-refractivity contribution in [3.63, 3.8) is 0 Å². The number of nitrogens with zero attached hydrogens (tertiary/aromatic N) is 3. The van der Waals surface area contributed by atoms with Gasteiger partial charge in [-0.05, 0) is 19.1 Å². The number of aromatic nitrogens is 3. The molecule has 96 valence electrons. The van der Waals surface area contributed by atoms with Crippen LogP contribution < -0.4 is 5.32 Å². The Balaban J connectivity index is 2.38. The lowest BCUT2D eigenvalue weighted by Crippen LogP contribution is -2.10. The Kier molecular flexibility index (Phi) is 2.98. The summed E-state index contributed by atoms with van der Waals surface area (Å²) in [5.74, 6) is -0.221. The van der Waals surface area contributed by atoms with Gasteiger partial charge in [-0.2, -0.15) is 18.3 Å². The highest BCUT2D eigenvalue weighted by Gasteiger charge is 2.34. The Morgan fingerprint density at radius 2 is 2.06 bits per heavy atom. The Morgan fingerprint density at radius 3 is 2.61 bits per heavy atom. The third kappa shape index (κ3) is 2.44. The van der Waals surface area contributed by atoms with Gasteiger partial charge >= 0.3 is 6.18 Å². The molecule has 0 bridgehead atoms. The average Bonchev–Trinajstić information content (AvgIpc) is 2.57. The van der Waals surface area contributed by atoms with Gasteiger partial charge in [-0.25, -0.2) is 4.98 Å². The second kappa shape index (κ2) is 4.32. The van der Waals surface area contributed by atoms with Crippen molar-refractivity contribution in [3.05, 3.63) is 35.8 Å². The molecule has 2 rings (SSSR count). The van der Waals surface area contributed by atoms with E-state index in [4.69, 9.17) is 0 Å². The lowest BCUT2D eigenvalue weighted by atomic mass is 10.2. The molecular formula is C11H11F3N4. The third-order valence-electron chi connectivity index (χ3n) is 2.38. The summed E-state index contributed by atoms with van der Waals surface area (Å²) in [6, 6.07) is 2.24. The van der Waals surface area contributed by atoms with Crippen LogP contribution in [0.25, 0.3) is 0 Å². The van der Waals surface area contributed by atoms with Crippen LogP contribution in [-0.2, 0) is 13.2 Å². The van der Waals surface area contributed by atoms with Crippen LogP contribution in [0.2, 0.25) is 0 Å². The number of nitrogens with one attached hydrogen (secondary N) is 1. The molecule has 0 aliphatic rings. The van der Waals surface area contributed by atoms with E-state index in [-0.39, 0.29) is 5.82 Å². The number of rotatable bonds is 2. The van der Waals surface area contributed by atoms with Crippen LogP contribution in [0, 0.1) is 6.92 Å². The van der Waals surface area contributed by atoms with Crippen molar-refractivity contribution in [1.82, 2.24) is 14.8 Å².